The average molecular weight is 267 g/mol. The summed E-state index contributed by atoms with van der Waals surface area (Å²) in [5.41, 5.74) is 1.17. The molecular weight excluding hydrogens is 260 g/mol. The molecule has 0 fully saturated rings. The molecule has 17 heavy (non-hydrogen) atoms. The monoisotopic (exact) mass is 266 g/mol. The molecule has 0 amide bonds. The van der Waals surface area contributed by atoms with E-state index in [0.717, 1.165) is 17.1 Å². The minimum atomic E-state index is -0.889. The summed E-state index contributed by atoms with van der Waals surface area (Å²) in [6, 6.07) is 7.06. The van der Waals surface area contributed by atoms with Gasteiger partial charge in [0.25, 0.3) is 0 Å². The SMILES string of the molecule is OC(c1cnsn1)c1cc2cc(Cl)ccc2o1. The van der Waals surface area contributed by atoms with Crippen molar-refractivity contribution in [1.29, 1.82) is 0 Å². The molecule has 0 bridgehead atoms. The fourth-order valence-corrected chi connectivity index (χ4v) is 2.23. The zero-order valence-electron chi connectivity index (χ0n) is 8.50. The maximum absolute atomic E-state index is 10.0. The Morgan fingerprint density at radius 1 is 1.35 bits per heavy atom. The third-order valence-corrected chi connectivity index (χ3v) is 3.15. The van der Waals surface area contributed by atoms with Crippen molar-refractivity contribution in [1.82, 2.24) is 8.75 Å². The van der Waals surface area contributed by atoms with E-state index in [4.69, 9.17) is 16.0 Å². The van der Waals surface area contributed by atoms with E-state index in [1.54, 1.807) is 24.3 Å². The molecule has 2 heterocycles. The van der Waals surface area contributed by atoms with Crippen molar-refractivity contribution in [3.8, 4) is 0 Å². The first kappa shape index (κ1) is 10.7. The summed E-state index contributed by atoms with van der Waals surface area (Å²) in [6.07, 6.45) is 0.634. The number of hydrogen-bond acceptors (Lipinski definition) is 5. The van der Waals surface area contributed by atoms with Gasteiger partial charge < -0.3 is 9.52 Å². The van der Waals surface area contributed by atoms with Gasteiger partial charge in [-0.1, -0.05) is 11.6 Å². The van der Waals surface area contributed by atoms with Gasteiger partial charge >= 0.3 is 0 Å². The normalized spacial score (nSPS) is 13.1. The van der Waals surface area contributed by atoms with Crippen LogP contribution in [-0.2, 0) is 0 Å². The Labute approximate surface area is 106 Å². The predicted molar refractivity (Wildman–Crippen MR) is 65.2 cm³/mol. The van der Waals surface area contributed by atoms with Crippen molar-refractivity contribution >= 4 is 34.3 Å². The van der Waals surface area contributed by atoms with Crippen LogP contribution in [0, 0.1) is 0 Å². The van der Waals surface area contributed by atoms with Gasteiger partial charge in [-0.3, -0.25) is 0 Å². The van der Waals surface area contributed by atoms with Crippen molar-refractivity contribution in [2.45, 2.75) is 6.10 Å². The van der Waals surface area contributed by atoms with E-state index in [2.05, 4.69) is 8.75 Å². The van der Waals surface area contributed by atoms with Gasteiger partial charge in [0.05, 0.1) is 17.9 Å². The van der Waals surface area contributed by atoms with Gasteiger partial charge in [0.15, 0.2) is 6.10 Å². The summed E-state index contributed by atoms with van der Waals surface area (Å²) in [7, 11) is 0. The highest BCUT2D eigenvalue weighted by molar-refractivity contribution is 6.99. The summed E-state index contributed by atoms with van der Waals surface area (Å²) in [5, 5.41) is 11.5. The first-order valence-electron chi connectivity index (χ1n) is 4.88. The summed E-state index contributed by atoms with van der Waals surface area (Å²) in [4.78, 5) is 0. The zero-order chi connectivity index (χ0) is 11.8. The minimum Gasteiger partial charge on any atom is -0.458 e. The molecule has 86 valence electrons. The van der Waals surface area contributed by atoms with Crippen molar-refractivity contribution in [3.05, 3.63) is 46.9 Å². The van der Waals surface area contributed by atoms with Crippen LogP contribution < -0.4 is 0 Å². The number of rotatable bonds is 2. The molecule has 0 aliphatic rings. The number of nitrogens with zero attached hydrogens (tertiary/aromatic N) is 2. The molecule has 2 aromatic heterocycles. The van der Waals surface area contributed by atoms with Crippen LogP contribution in [0.5, 0.6) is 0 Å². The van der Waals surface area contributed by atoms with Gasteiger partial charge in [0.2, 0.25) is 0 Å². The Balaban J connectivity index is 2.06. The van der Waals surface area contributed by atoms with Crippen LogP contribution in [0.3, 0.4) is 0 Å². The van der Waals surface area contributed by atoms with Gasteiger partial charge in [-0.2, -0.15) is 8.75 Å². The molecule has 0 saturated carbocycles. The number of aliphatic hydroxyl groups is 1. The third kappa shape index (κ3) is 1.93. The van der Waals surface area contributed by atoms with E-state index in [1.165, 1.54) is 6.20 Å². The molecule has 0 spiro atoms. The van der Waals surface area contributed by atoms with Crippen LogP contribution >= 0.6 is 23.3 Å². The number of benzene rings is 1. The van der Waals surface area contributed by atoms with Gasteiger partial charge in [0.1, 0.15) is 17.0 Å². The molecule has 3 aromatic rings. The maximum Gasteiger partial charge on any atom is 0.156 e. The molecule has 1 N–H and O–H groups in total. The van der Waals surface area contributed by atoms with E-state index < -0.39 is 6.10 Å². The maximum atomic E-state index is 10.0. The third-order valence-electron chi connectivity index (χ3n) is 2.43. The molecule has 4 nitrogen and oxygen atoms in total. The Hall–Kier alpha value is -1.43. The summed E-state index contributed by atoms with van der Waals surface area (Å²) >= 11 is 6.93. The van der Waals surface area contributed by atoms with E-state index in [0.29, 0.717) is 22.1 Å². The largest absolute Gasteiger partial charge is 0.458 e. The first-order valence-corrected chi connectivity index (χ1v) is 5.99. The molecule has 0 saturated heterocycles. The van der Waals surface area contributed by atoms with Gasteiger partial charge in [0, 0.05) is 10.4 Å². The van der Waals surface area contributed by atoms with Gasteiger partial charge in [-0.25, -0.2) is 0 Å². The Morgan fingerprint density at radius 3 is 3.00 bits per heavy atom. The molecule has 1 unspecified atom stereocenters. The van der Waals surface area contributed by atoms with Crippen LogP contribution in [0.1, 0.15) is 17.6 Å². The number of hydrogen-bond donors (Lipinski definition) is 1. The molecule has 6 heteroatoms. The lowest BCUT2D eigenvalue weighted by molar-refractivity contribution is 0.188. The van der Waals surface area contributed by atoms with E-state index in [9.17, 15) is 5.11 Å². The Morgan fingerprint density at radius 2 is 2.24 bits per heavy atom. The smallest absolute Gasteiger partial charge is 0.156 e. The average Bonchev–Trinajstić information content (AvgIpc) is 2.96. The lowest BCUT2D eigenvalue weighted by Crippen LogP contribution is -1.97. The molecule has 0 aliphatic heterocycles. The first-order chi connectivity index (χ1) is 8.24. The molecule has 0 radical (unpaired) electrons. The number of aliphatic hydroxyl groups excluding tert-OH is 1. The standard InChI is InChI=1S/C11H7ClN2O2S/c12-7-1-2-9-6(3-7)4-10(16-9)11(15)8-5-13-17-14-8/h1-5,11,15H. The number of halogens is 1. The minimum absolute atomic E-state index is 0.440. The topological polar surface area (TPSA) is 59.2 Å². The highest BCUT2D eigenvalue weighted by Crippen LogP contribution is 2.28. The van der Waals surface area contributed by atoms with Crippen molar-refractivity contribution in [3.63, 3.8) is 0 Å². The van der Waals surface area contributed by atoms with Crippen molar-refractivity contribution in [2.24, 2.45) is 0 Å². The Kier molecular flexibility index (Phi) is 2.58. The fraction of sp³-hybridized carbons (Fsp3) is 0.0909. The lowest BCUT2D eigenvalue weighted by atomic mass is 10.2. The van der Waals surface area contributed by atoms with E-state index in [-0.39, 0.29) is 0 Å². The van der Waals surface area contributed by atoms with E-state index in [1.807, 2.05) is 0 Å². The second-order valence-corrected chi connectivity index (χ2v) is 4.56. The van der Waals surface area contributed by atoms with Crippen LogP contribution in [0.2, 0.25) is 5.02 Å². The number of furan rings is 1. The molecule has 3 rings (SSSR count). The van der Waals surface area contributed by atoms with Crippen LogP contribution in [0.25, 0.3) is 11.0 Å². The summed E-state index contributed by atoms with van der Waals surface area (Å²) < 4.78 is 13.4. The van der Waals surface area contributed by atoms with E-state index >= 15 is 0 Å². The highest BCUT2D eigenvalue weighted by Gasteiger charge is 2.17. The van der Waals surface area contributed by atoms with Crippen molar-refractivity contribution in [2.75, 3.05) is 0 Å². The Bertz CT molecular complexity index is 651. The number of aromatic nitrogens is 2. The summed E-state index contributed by atoms with van der Waals surface area (Å²) in [6.45, 7) is 0. The van der Waals surface area contributed by atoms with Crippen LogP contribution in [-0.4, -0.2) is 13.9 Å². The molecule has 1 atom stereocenters. The van der Waals surface area contributed by atoms with Gasteiger partial charge in [-0.15, -0.1) is 0 Å². The number of fused-ring (bicyclic) bond motifs is 1. The summed E-state index contributed by atoms with van der Waals surface area (Å²) in [5.74, 6) is 0.440. The molecule has 1 aromatic carbocycles. The van der Waals surface area contributed by atoms with Crippen LogP contribution in [0.15, 0.2) is 34.9 Å². The van der Waals surface area contributed by atoms with Crippen LogP contribution in [0.4, 0.5) is 0 Å². The zero-order valence-corrected chi connectivity index (χ0v) is 10.1. The quantitative estimate of drug-likeness (QED) is 0.775. The second kappa shape index (κ2) is 4.10. The lowest BCUT2D eigenvalue weighted by Gasteiger charge is -2.01. The molecule has 0 aliphatic carbocycles. The van der Waals surface area contributed by atoms with Gasteiger partial charge in [-0.05, 0) is 24.3 Å². The fourth-order valence-electron chi connectivity index (χ4n) is 1.61. The second-order valence-electron chi connectivity index (χ2n) is 3.57. The highest BCUT2D eigenvalue weighted by atomic mass is 35.5. The predicted octanol–water partition coefficient (Wildman–Crippen LogP) is 3.02. The molecular formula is C11H7ClN2O2S. The van der Waals surface area contributed by atoms with Crippen molar-refractivity contribution < 1.29 is 9.52 Å².